The van der Waals surface area contributed by atoms with Crippen molar-refractivity contribution in [1.29, 1.82) is 0 Å². The van der Waals surface area contributed by atoms with Gasteiger partial charge in [-0.1, -0.05) is 18.3 Å². The molecule has 0 radical (unpaired) electrons. The first-order valence-electron chi connectivity index (χ1n) is 6.39. The Morgan fingerprint density at radius 2 is 2.06 bits per heavy atom. The number of rotatable bonds is 5. The zero-order valence-electron chi connectivity index (χ0n) is 10.6. The van der Waals surface area contributed by atoms with E-state index in [2.05, 4.69) is 29.4 Å². The lowest BCUT2D eigenvalue weighted by molar-refractivity contribution is 0.995. The van der Waals surface area contributed by atoms with Crippen molar-refractivity contribution in [3.05, 3.63) is 10.7 Å². The summed E-state index contributed by atoms with van der Waals surface area (Å²) in [6.45, 7) is 5.10. The van der Waals surface area contributed by atoms with Gasteiger partial charge < -0.3 is 5.32 Å². The molecule has 0 atom stereocenters. The van der Waals surface area contributed by atoms with E-state index in [1.807, 2.05) is 11.3 Å². The third-order valence-corrected chi connectivity index (χ3v) is 5.22. The monoisotopic (exact) mass is 280 g/mol. The number of nitrogens with zero attached hydrogens (tertiary/aromatic N) is 3. The van der Waals surface area contributed by atoms with Crippen molar-refractivity contribution in [2.75, 3.05) is 11.9 Å². The normalized spacial score (nSPS) is 15.0. The molecule has 2 aromatic heterocycles. The first-order chi connectivity index (χ1) is 8.81. The molecule has 3 rings (SSSR count). The van der Waals surface area contributed by atoms with Crippen molar-refractivity contribution in [1.82, 2.24) is 15.2 Å². The fourth-order valence-electron chi connectivity index (χ4n) is 1.82. The summed E-state index contributed by atoms with van der Waals surface area (Å²) >= 11 is 3.43. The highest BCUT2D eigenvalue weighted by Gasteiger charge is 2.29. The van der Waals surface area contributed by atoms with Crippen molar-refractivity contribution < 1.29 is 0 Å². The second-order valence-electron chi connectivity index (χ2n) is 4.40. The van der Waals surface area contributed by atoms with Crippen LogP contribution in [0.15, 0.2) is 0 Å². The zero-order valence-corrected chi connectivity index (χ0v) is 12.2. The average Bonchev–Trinajstić information content (AvgIpc) is 2.98. The lowest BCUT2D eigenvalue weighted by Gasteiger charge is -1.93. The van der Waals surface area contributed by atoms with E-state index in [-0.39, 0.29) is 0 Å². The number of nitrogens with one attached hydrogen (secondary N) is 1. The first kappa shape index (κ1) is 12.0. The number of aromatic nitrogens is 3. The van der Waals surface area contributed by atoms with E-state index in [1.54, 1.807) is 11.3 Å². The van der Waals surface area contributed by atoms with Crippen molar-refractivity contribution in [2.45, 2.75) is 39.0 Å². The van der Waals surface area contributed by atoms with Crippen LogP contribution in [0, 0.1) is 0 Å². The maximum absolute atomic E-state index is 4.76. The molecule has 1 saturated carbocycles. The van der Waals surface area contributed by atoms with E-state index >= 15 is 0 Å². The third-order valence-electron chi connectivity index (χ3n) is 2.92. The number of thiazole rings is 1. The van der Waals surface area contributed by atoms with Crippen LogP contribution in [-0.2, 0) is 6.42 Å². The minimum atomic E-state index is 0.718. The van der Waals surface area contributed by atoms with E-state index in [0.29, 0.717) is 0 Å². The summed E-state index contributed by atoms with van der Waals surface area (Å²) in [5.74, 6) is 0.718. The van der Waals surface area contributed by atoms with Gasteiger partial charge in [-0.25, -0.2) is 4.98 Å². The summed E-state index contributed by atoms with van der Waals surface area (Å²) in [6, 6.07) is 0. The smallest absolute Gasteiger partial charge is 0.206 e. The highest BCUT2D eigenvalue weighted by atomic mass is 32.1. The third kappa shape index (κ3) is 2.27. The molecule has 1 N–H and O–H groups in total. The van der Waals surface area contributed by atoms with Gasteiger partial charge in [-0.15, -0.1) is 21.5 Å². The predicted molar refractivity (Wildman–Crippen MR) is 76.5 cm³/mol. The summed E-state index contributed by atoms with van der Waals surface area (Å²) in [7, 11) is 0. The first-order valence-corrected chi connectivity index (χ1v) is 8.02. The van der Waals surface area contributed by atoms with Crippen molar-refractivity contribution >= 4 is 27.8 Å². The number of anilines is 1. The molecule has 0 spiro atoms. The summed E-state index contributed by atoms with van der Waals surface area (Å²) in [4.78, 5) is 5.98. The molecule has 18 heavy (non-hydrogen) atoms. The molecule has 2 heterocycles. The maximum Gasteiger partial charge on any atom is 0.206 e. The van der Waals surface area contributed by atoms with E-state index in [4.69, 9.17) is 4.98 Å². The van der Waals surface area contributed by atoms with Gasteiger partial charge >= 0.3 is 0 Å². The van der Waals surface area contributed by atoms with Gasteiger partial charge in [0.2, 0.25) is 5.13 Å². The largest absolute Gasteiger partial charge is 0.360 e. The highest BCUT2D eigenvalue weighted by Crippen LogP contribution is 2.45. The average molecular weight is 280 g/mol. The van der Waals surface area contributed by atoms with Crippen molar-refractivity contribution in [3.8, 4) is 9.88 Å². The minimum absolute atomic E-state index is 0.718. The van der Waals surface area contributed by atoms with E-state index in [1.165, 1.54) is 28.4 Å². The standard InChI is InChI=1S/C12H16N4S2/c1-3-8-9(17-10(14-8)7-5-6-7)11-15-16-12(18-11)13-4-2/h7H,3-6H2,1-2H3,(H,13,16). The Morgan fingerprint density at radius 3 is 2.72 bits per heavy atom. The molecule has 1 fully saturated rings. The Hall–Kier alpha value is -1.01. The second kappa shape index (κ2) is 4.93. The molecule has 2 aromatic rings. The van der Waals surface area contributed by atoms with Crippen LogP contribution >= 0.6 is 22.7 Å². The zero-order chi connectivity index (χ0) is 12.5. The molecule has 0 saturated heterocycles. The van der Waals surface area contributed by atoms with Crippen LogP contribution in [0.4, 0.5) is 5.13 Å². The fraction of sp³-hybridized carbons (Fsp3) is 0.583. The highest BCUT2D eigenvalue weighted by molar-refractivity contribution is 7.23. The van der Waals surface area contributed by atoms with Crippen LogP contribution in [-0.4, -0.2) is 21.7 Å². The molecule has 1 aliphatic carbocycles. The molecule has 0 aromatic carbocycles. The molecule has 1 aliphatic rings. The van der Waals surface area contributed by atoms with Crippen molar-refractivity contribution in [2.24, 2.45) is 0 Å². The molecule has 6 heteroatoms. The summed E-state index contributed by atoms with van der Waals surface area (Å²) in [5.41, 5.74) is 1.18. The molecule has 4 nitrogen and oxygen atoms in total. The van der Waals surface area contributed by atoms with Gasteiger partial charge in [0, 0.05) is 12.5 Å². The van der Waals surface area contributed by atoms with E-state index in [0.717, 1.165) is 29.0 Å². The molecular weight excluding hydrogens is 264 g/mol. The van der Waals surface area contributed by atoms with Crippen LogP contribution in [0.5, 0.6) is 0 Å². The van der Waals surface area contributed by atoms with E-state index in [9.17, 15) is 0 Å². The Kier molecular flexibility index (Phi) is 3.30. The Balaban J connectivity index is 1.93. The van der Waals surface area contributed by atoms with Crippen LogP contribution in [0.2, 0.25) is 0 Å². The van der Waals surface area contributed by atoms with Gasteiger partial charge in [-0.3, -0.25) is 0 Å². The lowest BCUT2D eigenvalue weighted by Crippen LogP contribution is -1.94. The molecule has 0 amide bonds. The van der Waals surface area contributed by atoms with Gasteiger partial charge in [0.05, 0.1) is 15.6 Å². The van der Waals surface area contributed by atoms with Crippen LogP contribution in [0.3, 0.4) is 0 Å². The predicted octanol–water partition coefficient (Wildman–Crippen LogP) is 3.53. The fourth-order valence-corrected chi connectivity index (χ4v) is 4.05. The SMILES string of the molecule is CCNc1nnc(-c2sc(C3CC3)nc2CC)s1. The summed E-state index contributed by atoms with van der Waals surface area (Å²) in [6.07, 6.45) is 3.57. The number of aryl methyl sites for hydroxylation is 1. The quantitative estimate of drug-likeness (QED) is 0.910. The van der Waals surface area contributed by atoms with Gasteiger partial charge in [0.1, 0.15) is 0 Å². The lowest BCUT2D eigenvalue weighted by atomic mass is 10.3. The van der Waals surface area contributed by atoms with Gasteiger partial charge in [-0.2, -0.15) is 0 Å². The number of hydrogen-bond donors (Lipinski definition) is 1. The molecule has 0 unspecified atom stereocenters. The Labute approximate surface area is 114 Å². The molecule has 96 valence electrons. The van der Waals surface area contributed by atoms with E-state index < -0.39 is 0 Å². The molecular formula is C12H16N4S2. The Bertz CT molecular complexity index is 542. The maximum atomic E-state index is 4.76. The minimum Gasteiger partial charge on any atom is -0.360 e. The summed E-state index contributed by atoms with van der Waals surface area (Å²) in [5, 5.41) is 14.9. The van der Waals surface area contributed by atoms with Crippen LogP contribution in [0.25, 0.3) is 9.88 Å². The summed E-state index contributed by atoms with van der Waals surface area (Å²) < 4.78 is 0. The number of hydrogen-bond acceptors (Lipinski definition) is 6. The van der Waals surface area contributed by atoms with Crippen LogP contribution < -0.4 is 5.32 Å². The van der Waals surface area contributed by atoms with Crippen molar-refractivity contribution in [3.63, 3.8) is 0 Å². The molecule has 0 aliphatic heterocycles. The second-order valence-corrected chi connectivity index (χ2v) is 6.41. The van der Waals surface area contributed by atoms with Gasteiger partial charge in [0.15, 0.2) is 5.01 Å². The molecule has 0 bridgehead atoms. The topological polar surface area (TPSA) is 50.7 Å². The van der Waals surface area contributed by atoms with Gasteiger partial charge in [-0.05, 0) is 26.2 Å². The van der Waals surface area contributed by atoms with Gasteiger partial charge in [0.25, 0.3) is 0 Å². The Morgan fingerprint density at radius 1 is 1.22 bits per heavy atom. The van der Waals surface area contributed by atoms with Crippen LogP contribution in [0.1, 0.15) is 43.3 Å².